The van der Waals surface area contributed by atoms with Gasteiger partial charge in [-0.15, -0.1) is 0 Å². The molecule has 0 atom stereocenters. The average molecular weight is 572 g/mol. The molecule has 8 nitrogen and oxygen atoms in total. The second kappa shape index (κ2) is 10.0. The highest BCUT2D eigenvalue weighted by Gasteiger charge is 2.73. The monoisotopic (exact) mass is 571 g/mol. The van der Waals surface area contributed by atoms with Crippen LogP contribution in [-0.4, -0.2) is 52.6 Å². The van der Waals surface area contributed by atoms with Gasteiger partial charge >= 0.3 is 24.1 Å². The first-order valence-corrected chi connectivity index (χ1v) is 11.8. The van der Waals surface area contributed by atoms with Gasteiger partial charge in [0, 0.05) is 35.6 Å². The SMILES string of the molecule is CC(C)n1nc(-c2ccc(NC(=O)Nc3ccc(C(F)(C(F)(F)F)C(F)(F)F)cc3)cc2)c2c1NCN(C)C2=N. The van der Waals surface area contributed by atoms with E-state index in [4.69, 9.17) is 5.41 Å². The Morgan fingerprint density at radius 2 is 1.43 bits per heavy atom. The summed E-state index contributed by atoms with van der Waals surface area (Å²) in [6, 6.07) is 7.75. The Labute approximate surface area is 223 Å². The molecule has 2 amide bonds. The molecule has 0 bridgehead atoms. The molecule has 2 aromatic carbocycles. The lowest BCUT2D eigenvalue weighted by molar-refractivity contribution is -0.348. The average Bonchev–Trinajstić information content (AvgIpc) is 3.26. The number of amidine groups is 1. The lowest BCUT2D eigenvalue weighted by Crippen LogP contribution is -2.50. The third kappa shape index (κ3) is 5.02. The van der Waals surface area contributed by atoms with Crippen molar-refractivity contribution in [3.05, 3.63) is 59.7 Å². The first-order chi connectivity index (χ1) is 18.5. The summed E-state index contributed by atoms with van der Waals surface area (Å²) in [5.74, 6) is 1.01. The zero-order valence-corrected chi connectivity index (χ0v) is 21.3. The highest BCUT2D eigenvalue weighted by atomic mass is 19.4. The minimum atomic E-state index is -6.23. The van der Waals surface area contributed by atoms with Gasteiger partial charge in [0.2, 0.25) is 0 Å². The van der Waals surface area contributed by atoms with E-state index in [1.807, 2.05) is 13.8 Å². The maximum absolute atomic E-state index is 14.2. The molecule has 2 heterocycles. The summed E-state index contributed by atoms with van der Waals surface area (Å²) in [7, 11) is 1.77. The number of anilines is 3. The van der Waals surface area contributed by atoms with Crippen molar-refractivity contribution in [1.82, 2.24) is 14.7 Å². The van der Waals surface area contributed by atoms with E-state index in [9.17, 15) is 35.5 Å². The summed E-state index contributed by atoms with van der Waals surface area (Å²) >= 11 is 0. The quantitative estimate of drug-likeness (QED) is 0.256. The summed E-state index contributed by atoms with van der Waals surface area (Å²) in [6.07, 6.45) is -12.5. The number of aromatic nitrogens is 2. The summed E-state index contributed by atoms with van der Waals surface area (Å²) < 4.78 is 93.6. The van der Waals surface area contributed by atoms with Gasteiger partial charge in [-0.25, -0.2) is 13.9 Å². The zero-order valence-electron chi connectivity index (χ0n) is 21.3. The molecule has 0 saturated heterocycles. The number of urea groups is 1. The zero-order chi connectivity index (χ0) is 29.6. The van der Waals surface area contributed by atoms with Crippen molar-refractivity contribution in [2.24, 2.45) is 0 Å². The number of nitrogens with one attached hydrogen (secondary N) is 4. The minimum absolute atomic E-state index is 0.0214. The summed E-state index contributed by atoms with van der Waals surface area (Å²) in [5.41, 5.74) is -5.21. The molecule has 0 fully saturated rings. The van der Waals surface area contributed by atoms with Gasteiger partial charge in [-0.05, 0) is 38.1 Å². The van der Waals surface area contributed by atoms with Gasteiger partial charge in [0.05, 0.1) is 12.2 Å². The van der Waals surface area contributed by atoms with E-state index in [-0.39, 0.29) is 11.7 Å². The van der Waals surface area contributed by atoms with Crippen molar-refractivity contribution in [2.75, 3.05) is 29.7 Å². The summed E-state index contributed by atoms with van der Waals surface area (Å²) in [4.78, 5) is 14.1. The second-order valence-corrected chi connectivity index (χ2v) is 9.38. The Balaban J connectivity index is 1.49. The third-order valence-corrected chi connectivity index (χ3v) is 6.24. The Kier molecular flexibility index (Phi) is 7.19. The first kappa shape index (κ1) is 28.7. The molecule has 15 heteroatoms. The molecule has 4 rings (SSSR count). The van der Waals surface area contributed by atoms with Crippen LogP contribution in [0.3, 0.4) is 0 Å². The fourth-order valence-electron chi connectivity index (χ4n) is 4.14. The lowest BCUT2D eigenvalue weighted by atomic mass is 9.94. The highest BCUT2D eigenvalue weighted by Crippen LogP contribution is 2.53. The molecule has 3 aromatic rings. The smallest absolute Gasteiger partial charge is 0.352 e. The minimum Gasteiger partial charge on any atom is -0.352 e. The molecule has 0 spiro atoms. The molecule has 4 N–H and O–H groups in total. The number of alkyl halides is 7. The van der Waals surface area contributed by atoms with Crippen molar-refractivity contribution >= 4 is 29.1 Å². The van der Waals surface area contributed by atoms with E-state index in [2.05, 4.69) is 21.0 Å². The van der Waals surface area contributed by atoms with Gasteiger partial charge in [-0.2, -0.15) is 31.4 Å². The van der Waals surface area contributed by atoms with Crippen LogP contribution in [-0.2, 0) is 5.67 Å². The number of carbonyl (C=O) groups is 1. The molecule has 40 heavy (non-hydrogen) atoms. The van der Waals surface area contributed by atoms with E-state index in [0.717, 1.165) is 18.0 Å². The molecule has 0 aliphatic carbocycles. The van der Waals surface area contributed by atoms with Crippen LogP contribution in [0.25, 0.3) is 11.3 Å². The topological polar surface area (TPSA) is 98.1 Å². The van der Waals surface area contributed by atoms with E-state index in [0.29, 0.717) is 47.1 Å². The Morgan fingerprint density at radius 1 is 0.925 bits per heavy atom. The van der Waals surface area contributed by atoms with Crippen molar-refractivity contribution in [2.45, 2.75) is 37.9 Å². The maximum atomic E-state index is 14.2. The Hall–Kier alpha value is -4.30. The molecule has 1 aromatic heterocycles. The fourth-order valence-corrected chi connectivity index (χ4v) is 4.14. The summed E-state index contributed by atoms with van der Waals surface area (Å²) in [5, 5.41) is 21.2. The first-order valence-electron chi connectivity index (χ1n) is 11.8. The van der Waals surface area contributed by atoms with Crippen LogP contribution < -0.4 is 16.0 Å². The molecule has 1 aliphatic rings. The normalized spacial score (nSPS) is 14.2. The molecule has 214 valence electrons. The molecule has 0 saturated carbocycles. The number of hydrogen-bond acceptors (Lipinski definition) is 4. The highest BCUT2D eigenvalue weighted by molar-refractivity contribution is 6.07. The van der Waals surface area contributed by atoms with Crippen LogP contribution in [0.4, 0.5) is 52.7 Å². The van der Waals surface area contributed by atoms with Crippen LogP contribution in [0.1, 0.15) is 31.0 Å². The lowest BCUT2D eigenvalue weighted by Gasteiger charge is -2.30. The van der Waals surface area contributed by atoms with E-state index >= 15 is 0 Å². The number of halogens is 7. The molecular formula is C25H24F7N7O. The van der Waals surface area contributed by atoms with Gasteiger partial charge in [0.15, 0.2) is 0 Å². The second-order valence-electron chi connectivity index (χ2n) is 9.38. The standard InChI is InChI=1S/C25H24F7N7O/c1-13(2)39-21-18(20(33)38(3)12-34-21)19(37-39)14-4-8-16(9-5-14)35-22(40)36-17-10-6-15(7-11-17)23(26,24(27,28)29)25(30,31)32/h4-11,13,33-34H,12H2,1-3H3,(H2,35,36,40). The predicted molar refractivity (Wildman–Crippen MR) is 135 cm³/mol. The number of nitrogens with zero attached hydrogens (tertiary/aromatic N) is 3. The van der Waals surface area contributed by atoms with Crippen molar-refractivity contribution in [3.63, 3.8) is 0 Å². The number of rotatable bonds is 5. The number of carbonyl (C=O) groups excluding carboxylic acids is 1. The van der Waals surface area contributed by atoms with Crippen molar-refractivity contribution < 1.29 is 35.5 Å². The van der Waals surface area contributed by atoms with Crippen LogP contribution in [0, 0.1) is 5.41 Å². The van der Waals surface area contributed by atoms with E-state index in [1.165, 1.54) is 0 Å². The number of benzene rings is 2. The van der Waals surface area contributed by atoms with Gasteiger partial charge < -0.3 is 20.9 Å². The molecule has 1 aliphatic heterocycles. The molecule has 0 radical (unpaired) electrons. The van der Waals surface area contributed by atoms with Crippen LogP contribution >= 0.6 is 0 Å². The Morgan fingerprint density at radius 3 is 1.90 bits per heavy atom. The van der Waals surface area contributed by atoms with E-state index < -0.39 is 29.6 Å². The third-order valence-electron chi connectivity index (χ3n) is 6.24. The van der Waals surface area contributed by atoms with Crippen LogP contribution in [0.15, 0.2) is 48.5 Å². The molecule has 0 unspecified atom stereocenters. The Bertz CT molecular complexity index is 1400. The number of amides is 2. The number of fused-ring (bicyclic) bond motifs is 1. The summed E-state index contributed by atoms with van der Waals surface area (Å²) in [6.45, 7) is 4.37. The van der Waals surface area contributed by atoms with E-state index in [1.54, 1.807) is 40.9 Å². The predicted octanol–water partition coefficient (Wildman–Crippen LogP) is 6.70. The largest absolute Gasteiger partial charge is 0.435 e. The number of hydrogen-bond donors (Lipinski definition) is 4. The van der Waals surface area contributed by atoms with Crippen LogP contribution in [0.5, 0.6) is 0 Å². The van der Waals surface area contributed by atoms with Crippen molar-refractivity contribution in [3.8, 4) is 11.3 Å². The van der Waals surface area contributed by atoms with Gasteiger partial charge in [-0.1, -0.05) is 24.3 Å². The maximum Gasteiger partial charge on any atom is 0.435 e. The van der Waals surface area contributed by atoms with Crippen molar-refractivity contribution in [1.29, 1.82) is 5.41 Å². The van der Waals surface area contributed by atoms with Gasteiger partial charge in [0.1, 0.15) is 17.3 Å². The van der Waals surface area contributed by atoms with Gasteiger partial charge in [0.25, 0.3) is 0 Å². The van der Waals surface area contributed by atoms with Gasteiger partial charge in [-0.3, -0.25) is 5.41 Å². The molecular weight excluding hydrogens is 547 g/mol. The fraction of sp³-hybridized carbons (Fsp3) is 0.320. The van der Waals surface area contributed by atoms with Crippen LogP contribution in [0.2, 0.25) is 0 Å².